The van der Waals surface area contributed by atoms with Gasteiger partial charge >= 0.3 is 18.0 Å². The van der Waals surface area contributed by atoms with Crippen molar-refractivity contribution < 1.29 is 29.0 Å². The summed E-state index contributed by atoms with van der Waals surface area (Å²) in [5.41, 5.74) is -0.708. The first-order valence-corrected chi connectivity index (χ1v) is 8.02. The number of methoxy groups -OCH3 is 1. The normalized spacial score (nSPS) is 12.2. The van der Waals surface area contributed by atoms with Gasteiger partial charge in [0.25, 0.3) is 0 Å². The SMILES string of the molecule is C=CCN(C(=O)OC(C)(C)C)[C@@H](CCCCCC(=O)OC)C(=O)O. The van der Waals surface area contributed by atoms with Gasteiger partial charge in [-0.2, -0.15) is 0 Å². The molecule has 24 heavy (non-hydrogen) atoms. The largest absolute Gasteiger partial charge is 0.480 e. The summed E-state index contributed by atoms with van der Waals surface area (Å²) in [6, 6.07) is -0.990. The Kier molecular flexibility index (Phi) is 9.76. The average molecular weight is 343 g/mol. The zero-order valence-corrected chi connectivity index (χ0v) is 15.0. The highest BCUT2D eigenvalue weighted by molar-refractivity contribution is 5.80. The number of hydrogen-bond donors (Lipinski definition) is 1. The van der Waals surface area contributed by atoms with Gasteiger partial charge in [-0.1, -0.05) is 18.9 Å². The maximum Gasteiger partial charge on any atom is 0.411 e. The molecule has 1 amide bonds. The lowest BCUT2D eigenvalue weighted by Gasteiger charge is -2.30. The summed E-state index contributed by atoms with van der Waals surface area (Å²) in [5.74, 6) is -1.37. The van der Waals surface area contributed by atoms with Crippen molar-refractivity contribution in [2.75, 3.05) is 13.7 Å². The van der Waals surface area contributed by atoms with Crippen molar-refractivity contribution >= 4 is 18.0 Å². The summed E-state index contributed by atoms with van der Waals surface area (Å²) < 4.78 is 9.82. The topological polar surface area (TPSA) is 93.1 Å². The van der Waals surface area contributed by atoms with Crippen LogP contribution in [-0.2, 0) is 19.1 Å². The molecule has 0 aliphatic carbocycles. The highest BCUT2D eigenvalue weighted by atomic mass is 16.6. The second kappa shape index (κ2) is 10.7. The molecular formula is C17H29NO6. The number of amides is 1. The van der Waals surface area contributed by atoms with E-state index in [1.54, 1.807) is 20.8 Å². The monoisotopic (exact) mass is 343 g/mol. The van der Waals surface area contributed by atoms with Gasteiger partial charge in [0, 0.05) is 13.0 Å². The van der Waals surface area contributed by atoms with Gasteiger partial charge in [-0.3, -0.25) is 9.69 Å². The van der Waals surface area contributed by atoms with E-state index in [2.05, 4.69) is 11.3 Å². The molecule has 1 N–H and O–H groups in total. The van der Waals surface area contributed by atoms with Gasteiger partial charge in [-0.05, 0) is 33.6 Å². The number of carbonyl (C=O) groups excluding carboxylic acids is 2. The van der Waals surface area contributed by atoms with Crippen LogP contribution in [0.2, 0.25) is 0 Å². The number of nitrogens with zero attached hydrogens (tertiary/aromatic N) is 1. The fourth-order valence-corrected chi connectivity index (χ4v) is 2.09. The van der Waals surface area contributed by atoms with E-state index < -0.39 is 23.7 Å². The third-order valence-electron chi connectivity index (χ3n) is 3.20. The van der Waals surface area contributed by atoms with Crippen LogP contribution in [0.1, 0.15) is 52.9 Å². The van der Waals surface area contributed by atoms with Crippen LogP contribution >= 0.6 is 0 Å². The quantitative estimate of drug-likeness (QED) is 0.372. The van der Waals surface area contributed by atoms with Gasteiger partial charge in [0.15, 0.2) is 0 Å². The number of aliphatic carboxylic acids is 1. The van der Waals surface area contributed by atoms with Gasteiger partial charge in [-0.25, -0.2) is 9.59 Å². The Labute approximate surface area is 143 Å². The molecule has 0 rings (SSSR count). The van der Waals surface area contributed by atoms with Gasteiger partial charge in [0.05, 0.1) is 7.11 Å². The number of ether oxygens (including phenoxy) is 2. The minimum Gasteiger partial charge on any atom is -0.480 e. The standard InChI is InChI=1S/C17H29NO6/c1-6-12-18(16(22)24-17(2,3)4)13(15(20)21)10-8-7-9-11-14(19)23-5/h6,13H,1,7-12H2,2-5H3,(H,20,21)/t13-/m0/s1. The van der Waals surface area contributed by atoms with Crippen molar-refractivity contribution in [1.29, 1.82) is 0 Å². The van der Waals surface area contributed by atoms with Gasteiger partial charge in [0.1, 0.15) is 11.6 Å². The number of esters is 1. The number of carbonyl (C=O) groups is 3. The molecule has 0 aromatic heterocycles. The minimum atomic E-state index is -1.09. The predicted octanol–water partition coefficient (Wildman–Crippen LogP) is 2.99. The molecule has 0 aromatic carbocycles. The maximum atomic E-state index is 12.2. The molecule has 0 saturated heterocycles. The fraction of sp³-hybridized carbons (Fsp3) is 0.706. The molecule has 1 atom stereocenters. The second-order valence-corrected chi connectivity index (χ2v) is 6.45. The zero-order chi connectivity index (χ0) is 18.8. The second-order valence-electron chi connectivity index (χ2n) is 6.45. The number of hydrogen-bond acceptors (Lipinski definition) is 5. The molecule has 0 aromatic rings. The minimum absolute atomic E-state index is 0.0913. The number of rotatable bonds is 10. The lowest BCUT2D eigenvalue weighted by atomic mass is 10.1. The number of carboxylic acids is 1. The Hall–Kier alpha value is -2.05. The first-order valence-electron chi connectivity index (χ1n) is 8.02. The lowest BCUT2D eigenvalue weighted by Crippen LogP contribution is -2.47. The molecule has 7 nitrogen and oxygen atoms in total. The van der Waals surface area contributed by atoms with E-state index in [-0.39, 0.29) is 18.9 Å². The molecule has 0 fully saturated rings. The Bertz CT molecular complexity index is 441. The third-order valence-corrected chi connectivity index (χ3v) is 3.20. The van der Waals surface area contributed by atoms with Crippen LogP contribution in [0.3, 0.4) is 0 Å². The summed E-state index contributed by atoms with van der Waals surface area (Å²) in [7, 11) is 1.33. The fourth-order valence-electron chi connectivity index (χ4n) is 2.09. The van der Waals surface area contributed by atoms with E-state index >= 15 is 0 Å². The van der Waals surface area contributed by atoms with E-state index in [4.69, 9.17) is 4.74 Å². The van der Waals surface area contributed by atoms with Crippen LogP contribution < -0.4 is 0 Å². The van der Waals surface area contributed by atoms with Crippen LogP contribution in [0.25, 0.3) is 0 Å². The summed E-state index contributed by atoms with van der Waals surface area (Å²) in [6.07, 6.45) is 3.24. The highest BCUT2D eigenvalue weighted by Crippen LogP contribution is 2.16. The molecule has 0 unspecified atom stereocenters. The third kappa shape index (κ3) is 9.17. The van der Waals surface area contributed by atoms with Crippen molar-refractivity contribution in [3.63, 3.8) is 0 Å². The summed E-state index contributed by atoms with van der Waals surface area (Å²) >= 11 is 0. The molecule has 138 valence electrons. The first kappa shape index (κ1) is 21.9. The van der Waals surface area contributed by atoms with Crippen molar-refractivity contribution in [3.8, 4) is 0 Å². The van der Waals surface area contributed by atoms with Crippen LogP contribution in [0.4, 0.5) is 4.79 Å². The molecule has 0 spiro atoms. The van der Waals surface area contributed by atoms with Crippen molar-refractivity contribution in [3.05, 3.63) is 12.7 Å². The smallest absolute Gasteiger partial charge is 0.411 e. The van der Waals surface area contributed by atoms with Crippen LogP contribution in [-0.4, -0.2) is 53.3 Å². The Morgan fingerprint density at radius 3 is 2.29 bits per heavy atom. The Balaban J connectivity index is 4.71. The molecule has 0 heterocycles. The van der Waals surface area contributed by atoms with Crippen LogP contribution in [0.5, 0.6) is 0 Å². The van der Waals surface area contributed by atoms with E-state index in [1.807, 2.05) is 0 Å². The zero-order valence-electron chi connectivity index (χ0n) is 15.0. The maximum absolute atomic E-state index is 12.2. The van der Waals surface area contributed by atoms with Crippen molar-refractivity contribution in [2.24, 2.45) is 0 Å². The lowest BCUT2D eigenvalue weighted by molar-refractivity contribution is -0.143. The molecule has 7 heteroatoms. The van der Waals surface area contributed by atoms with Crippen molar-refractivity contribution in [1.82, 2.24) is 4.90 Å². The van der Waals surface area contributed by atoms with Gasteiger partial charge in [0.2, 0.25) is 0 Å². The Morgan fingerprint density at radius 2 is 1.83 bits per heavy atom. The van der Waals surface area contributed by atoms with E-state index in [9.17, 15) is 19.5 Å². The number of carboxylic acid groups (broad SMARTS) is 1. The van der Waals surface area contributed by atoms with Gasteiger partial charge in [-0.15, -0.1) is 6.58 Å². The molecule has 0 aliphatic rings. The summed E-state index contributed by atoms with van der Waals surface area (Å²) in [6.45, 7) is 8.82. The van der Waals surface area contributed by atoms with E-state index in [1.165, 1.54) is 18.1 Å². The highest BCUT2D eigenvalue weighted by Gasteiger charge is 2.31. The van der Waals surface area contributed by atoms with E-state index in [0.717, 1.165) is 0 Å². The summed E-state index contributed by atoms with van der Waals surface area (Å²) in [5, 5.41) is 9.44. The number of unbranched alkanes of at least 4 members (excludes halogenated alkanes) is 2. The van der Waals surface area contributed by atoms with Crippen molar-refractivity contribution in [2.45, 2.75) is 64.5 Å². The van der Waals surface area contributed by atoms with E-state index in [0.29, 0.717) is 25.7 Å². The molecule has 0 bridgehead atoms. The van der Waals surface area contributed by atoms with Crippen LogP contribution in [0.15, 0.2) is 12.7 Å². The summed E-state index contributed by atoms with van der Waals surface area (Å²) in [4.78, 5) is 36.0. The molecular weight excluding hydrogens is 314 g/mol. The predicted molar refractivity (Wildman–Crippen MR) is 89.7 cm³/mol. The van der Waals surface area contributed by atoms with Crippen LogP contribution in [0, 0.1) is 0 Å². The molecule has 0 aliphatic heterocycles. The average Bonchev–Trinajstić information content (AvgIpc) is 2.46. The Morgan fingerprint density at radius 1 is 1.21 bits per heavy atom. The first-order chi connectivity index (χ1) is 11.1. The van der Waals surface area contributed by atoms with Gasteiger partial charge < -0.3 is 14.6 Å². The molecule has 0 radical (unpaired) electrons. The molecule has 0 saturated carbocycles.